The molecule has 0 fully saturated rings. The molecule has 100 valence electrons. The van der Waals surface area contributed by atoms with Gasteiger partial charge in [0, 0.05) is 28.7 Å². The third kappa shape index (κ3) is 3.20. The molecule has 0 saturated carbocycles. The number of hydrogen-bond acceptors (Lipinski definition) is 6. The van der Waals surface area contributed by atoms with Gasteiger partial charge >= 0.3 is 0 Å². The fourth-order valence-corrected chi connectivity index (χ4v) is 3.28. The quantitative estimate of drug-likeness (QED) is 0.544. The molecular formula is C14H12N4S2. The minimum Gasteiger partial charge on any atom is -0.253 e. The summed E-state index contributed by atoms with van der Waals surface area (Å²) < 4.78 is 0. The van der Waals surface area contributed by atoms with Gasteiger partial charge in [-0.3, -0.25) is 9.97 Å². The zero-order valence-electron chi connectivity index (χ0n) is 10.9. The van der Waals surface area contributed by atoms with E-state index in [0.29, 0.717) is 5.82 Å². The molecule has 0 aliphatic heterocycles. The van der Waals surface area contributed by atoms with Gasteiger partial charge in [-0.1, -0.05) is 6.07 Å². The van der Waals surface area contributed by atoms with Crippen molar-refractivity contribution in [1.29, 1.82) is 0 Å². The van der Waals surface area contributed by atoms with Crippen LogP contribution < -0.4 is 0 Å². The fourth-order valence-electron chi connectivity index (χ4n) is 1.68. The van der Waals surface area contributed by atoms with E-state index >= 15 is 0 Å². The summed E-state index contributed by atoms with van der Waals surface area (Å²) in [4.78, 5) is 18.6. The molecule has 0 bridgehead atoms. The molecule has 0 amide bonds. The first kappa shape index (κ1) is 13.2. The Morgan fingerprint density at radius 3 is 2.95 bits per heavy atom. The average Bonchev–Trinajstić information content (AvgIpc) is 2.99. The summed E-state index contributed by atoms with van der Waals surface area (Å²) in [5.74, 6) is 1.56. The van der Waals surface area contributed by atoms with Gasteiger partial charge in [0.2, 0.25) is 0 Å². The Bertz CT molecular complexity index is 684. The highest BCUT2D eigenvalue weighted by atomic mass is 32.2. The Labute approximate surface area is 125 Å². The summed E-state index contributed by atoms with van der Waals surface area (Å²) in [5.41, 5.74) is 3.60. The molecular weight excluding hydrogens is 288 g/mol. The van der Waals surface area contributed by atoms with Crippen LogP contribution in [0.1, 0.15) is 10.6 Å². The first-order valence-electron chi connectivity index (χ1n) is 6.08. The van der Waals surface area contributed by atoms with Gasteiger partial charge in [-0.2, -0.15) is 0 Å². The van der Waals surface area contributed by atoms with Crippen LogP contribution in [0.5, 0.6) is 0 Å². The maximum absolute atomic E-state index is 4.58. The Kier molecular flexibility index (Phi) is 4.03. The standard InChI is InChI=1S/C14H12N4S2/c1-10-6-13(19-8-11-7-15-9-20-11)18-14(17-10)12-4-2-3-5-16-12/h2-7,9H,8H2,1H3. The average molecular weight is 300 g/mol. The lowest BCUT2D eigenvalue weighted by atomic mass is 10.3. The number of aromatic nitrogens is 4. The Morgan fingerprint density at radius 2 is 2.20 bits per heavy atom. The highest BCUT2D eigenvalue weighted by Gasteiger charge is 2.07. The van der Waals surface area contributed by atoms with Gasteiger partial charge in [-0.25, -0.2) is 9.97 Å². The number of rotatable bonds is 4. The summed E-state index contributed by atoms with van der Waals surface area (Å²) in [6.07, 6.45) is 3.65. The maximum atomic E-state index is 4.58. The zero-order valence-corrected chi connectivity index (χ0v) is 12.5. The molecule has 3 aromatic rings. The predicted molar refractivity (Wildman–Crippen MR) is 81.7 cm³/mol. The second-order valence-corrected chi connectivity index (χ2v) is 6.11. The highest BCUT2D eigenvalue weighted by molar-refractivity contribution is 7.98. The van der Waals surface area contributed by atoms with Crippen molar-refractivity contribution in [3.8, 4) is 11.5 Å². The van der Waals surface area contributed by atoms with Crippen molar-refractivity contribution >= 4 is 23.1 Å². The smallest absolute Gasteiger partial charge is 0.179 e. The van der Waals surface area contributed by atoms with Crippen LogP contribution in [-0.2, 0) is 5.75 Å². The molecule has 0 radical (unpaired) electrons. The molecule has 3 heterocycles. The van der Waals surface area contributed by atoms with Crippen molar-refractivity contribution in [3.63, 3.8) is 0 Å². The van der Waals surface area contributed by atoms with Gasteiger partial charge in [0.1, 0.15) is 10.7 Å². The Hall–Kier alpha value is -1.79. The fraction of sp³-hybridized carbons (Fsp3) is 0.143. The molecule has 3 rings (SSSR count). The number of thioether (sulfide) groups is 1. The van der Waals surface area contributed by atoms with Crippen LogP contribution in [0.4, 0.5) is 0 Å². The molecule has 0 atom stereocenters. The lowest BCUT2D eigenvalue weighted by Crippen LogP contribution is -1.95. The second kappa shape index (κ2) is 6.11. The van der Waals surface area contributed by atoms with Gasteiger partial charge in [0.25, 0.3) is 0 Å². The van der Waals surface area contributed by atoms with Gasteiger partial charge in [0.15, 0.2) is 5.82 Å². The van der Waals surface area contributed by atoms with Gasteiger partial charge in [-0.05, 0) is 25.1 Å². The molecule has 0 N–H and O–H groups in total. The molecule has 3 aromatic heterocycles. The molecule has 0 unspecified atom stereocenters. The third-order valence-electron chi connectivity index (χ3n) is 2.57. The van der Waals surface area contributed by atoms with E-state index in [9.17, 15) is 0 Å². The van der Waals surface area contributed by atoms with Gasteiger partial charge < -0.3 is 0 Å². The zero-order chi connectivity index (χ0) is 13.8. The summed E-state index contributed by atoms with van der Waals surface area (Å²) in [6, 6.07) is 7.75. The number of pyridine rings is 1. The SMILES string of the molecule is Cc1cc(SCc2cncs2)nc(-c2ccccn2)n1. The summed E-state index contributed by atoms with van der Waals surface area (Å²) >= 11 is 3.35. The Morgan fingerprint density at radius 1 is 1.25 bits per heavy atom. The molecule has 0 aliphatic carbocycles. The largest absolute Gasteiger partial charge is 0.253 e. The summed E-state index contributed by atoms with van der Waals surface area (Å²) in [5, 5.41) is 0.964. The van der Waals surface area contributed by atoms with Gasteiger partial charge in [0.05, 0.1) is 5.51 Å². The highest BCUT2D eigenvalue weighted by Crippen LogP contribution is 2.24. The van der Waals surface area contributed by atoms with Crippen LogP contribution >= 0.6 is 23.1 Å². The minimum absolute atomic E-state index is 0.678. The van der Waals surface area contributed by atoms with Crippen LogP contribution in [0.2, 0.25) is 0 Å². The van der Waals surface area contributed by atoms with Crippen molar-refractivity contribution in [2.75, 3.05) is 0 Å². The predicted octanol–water partition coefficient (Wildman–Crippen LogP) is 3.60. The van der Waals surface area contributed by atoms with Crippen molar-refractivity contribution in [3.05, 3.63) is 52.7 Å². The van der Waals surface area contributed by atoms with Crippen molar-refractivity contribution in [2.45, 2.75) is 17.7 Å². The summed E-state index contributed by atoms with van der Waals surface area (Å²) in [7, 11) is 0. The molecule has 4 nitrogen and oxygen atoms in total. The van der Waals surface area contributed by atoms with Crippen LogP contribution in [0.3, 0.4) is 0 Å². The molecule has 0 aliphatic rings. The number of hydrogen-bond donors (Lipinski definition) is 0. The van der Waals surface area contributed by atoms with E-state index in [2.05, 4.69) is 19.9 Å². The maximum Gasteiger partial charge on any atom is 0.179 e. The molecule has 0 spiro atoms. The lowest BCUT2D eigenvalue weighted by Gasteiger charge is -2.04. The van der Waals surface area contributed by atoms with Crippen LogP contribution in [0.15, 0.2) is 47.2 Å². The van der Waals surface area contributed by atoms with Crippen molar-refractivity contribution in [1.82, 2.24) is 19.9 Å². The second-order valence-electron chi connectivity index (χ2n) is 4.14. The topological polar surface area (TPSA) is 51.6 Å². The number of thiazole rings is 1. The van der Waals surface area contributed by atoms with Crippen molar-refractivity contribution < 1.29 is 0 Å². The Balaban J connectivity index is 1.83. The first-order chi connectivity index (χ1) is 9.81. The van der Waals surface area contributed by atoms with E-state index in [-0.39, 0.29) is 0 Å². The molecule has 6 heteroatoms. The monoisotopic (exact) mass is 300 g/mol. The minimum atomic E-state index is 0.678. The van der Waals surface area contributed by atoms with E-state index in [4.69, 9.17) is 0 Å². The first-order valence-corrected chi connectivity index (χ1v) is 7.95. The van der Waals surface area contributed by atoms with E-state index in [0.717, 1.165) is 22.2 Å². The van der Waals surface area contributed by atoms with Crippen LogP contribution in [0.25, 0.3) is 11.5 Å². The van der Waals surface area contributed by atoms with Crippen LogP contribution in [-0.4, -0.2) is 19.9 Å². The van der Waals surface area contributed by atoms with E-state index in [1.165, 1.54) is 4.88 Å². The van der Waals surface area contributed by atoms with Crippen molar-refractivity contribution in [2.24, 2.45) is 0 Å². The molecule has 0 aromatic carbocycles. The van der Waals surface area contributed by atoms with Crippen LogP contribution in [0, 0.1) is 6.92 Å². The number of aryl methyl sites for hydroxylation is 1. The molecule has 20 heavy (non-hydrogen) atoms. The van der Waals surface area contributed by atoms with Gasteiger partial charge in [-0.15, -0.1) is 23.1 Å². The summed E-state index contributed by atoms with van der Waals surface area (Å²) in [6.45, 7) is 1.98. The lowest BCUT2D eigenvalue weighted by molar-refractivity contribution is 1.00. The molecule has 0 saturated heterocycles. The number of nitrogens with zero attached hydrogens (tertiary/aromatic N) is 4. The van der Waals surface area contributed by atoms with E-state index in [1.54, 1.807) is 29.3 Å². The normalized spacial score (nSPS) is 10.7. The van der Waals surface area contributed by atoms with E-state index < -0.39 is 0 Å². The van der Waals surface area contributed by atoms with E-state index in [1.807, 2.05) is 42.9 Å². The third-order valence-corrected chi connectivity index (χ3v) is 4.49.